The third kappa shape index (κ3) is 5.65. The number of ether oxygens (including phenoxy) is 1. The first-order valence-corrected chi connectivity index (χ1v) is 11.8. The molecule has 3 N–H and O–H groups in total. The molecular weight excluding hydrogens is 432 g/mol. The molecule has 1 saturated carbocycles. The highest BCUT2D eigenvalue weighted by Gasteiger charge is 2.29. The predicted octanol–water partition coefficient (Wildman–Crippen LogP) is 4.23. The van der Waals surface area contributed by atoms with Gasteiger partial charge in [0.15, 0.2) is 0 Å². The number of benzene rings is 2. The van der Waals surface area contributed by atoms with Gasteiger partial charge in [-0.1, -0.05) is 67.4 Å². The standard InChI is InChI=1S/C27H30N2O5/c30-25(29-24-13-6-1-8-18(24)16-26(31)32)14-7-15-28-27(33)34-17-23-21-11-4-2-9-19(21)20-10-3-5-12-22(20)23/h2-5,7,9-12,14,18,23-24H,1,6,8,13,15-17H2,(H,28,33)(H,29,30)(H,31,32)/b14-7+. The number of carbonyl (C=O) groups excluding carboxylic acids is 2. The van der Waals surface area contributed by atoms with E-state index in [1.807, 2.05) is 24.3 Å². The maximum atomic E-state index is 12.2. The van der Waals surface area contributed by atoms with Crippen molar-refractivity contribution in [3.63, 3.8) is 0 Å². The highest BCUT2D eigenvalue weighted by Crippen LogP contribution is 2.44. The lowest BCUT2D eigenvalue weighted by Gasteiger charge is -2.30. The van der Waals surface area contributed by atoms with Crippen LogP contribution < -0.4 is 10.6 Å². The second kappa shape index (κ2) is 11.0. The van der Waals surface area contributed by atoms with Crippen molar-refractivity contribution in [2.45, 2.75) is 44.1 Å². The number of amides is 2. The van der Waals surface area contributed by atoms with Gasteiger partial charge in [-0.3, -0.25) is 9.59 Å². The molecular formula is C27H30N2O5. The van der Waals surface area contributed by atoms with Crippen LogP contribution in [-0.4, -0.2) is 42.3 Å². The van der Waals surface area contributed by atoms with Crippen molar-refractivity contribution in [2.24, 2.45) is 5.92 Å². The molecule has 2 amide bonds. The summed E-state index contributed by atoms with van der Waals surface area (Å²) >= 11 is 0. The quantitative estimate of drug-likeness (QED) is 0.509. The molecule has 4 rings (SSSR count). The van der Waals surface area contributed by atoms with Gasteiger partial charge in [-0.2, -0.15) is 0 Å². The second-order valence-corrected chi connectivity index (χ2v) is 8.87. The lowest BCUT2D eigenvalue weighted by molar-refractivity contribution is -0.139. The molecule has 7 nitrogen and oxygen atoms in total. The number of carbonyl (C=O) groups is 3. The van der Waals surface area contributed by atoms with Crippen LogP contribution in [0.2, 0.25) is 0 Å². The molecule has 7 heteroatoms. The van der Waals surface area contributed by atoms with Gasteiger partial charge < -0.3 is 20.5 Å². The fourth-order valence-corrected chi connectivity index (χ4v) is 5.05. The van der Waals surface area contributed by atoms with E-state index in [0.717, 1.165) is 36.8 Å². The zero-order valence-electron chi connectivity index (χ0n) is 19.0. The van der Waals surface area contributed by atoms with E-state index in [-0.39, 0.29) is 43.4 Å². The molecule has 1 fully saturated rings. The van der Waals surface area contributed by atoms with E-state index in [9.17, 15) is 14.4 Å². The van der Waals surface area contributed by atoms with Crippen LogP contribution in [0.5, 0.6) is 0 Å². The van der Waals surface area contributed by atoms with Crippen molar-refractivity contribution in [3.8, 4) is 11.1 Å². The highest BCUT2D eigenvalue weighted by molar-refractivity contribution is 5.88. The molecule has 0 heterocycles. The van der Waals surface area contributed by atoms with Crippen molar-refractivity contribution in [1.29, 1.82) is 0 Å². The number of carboxylic acids is 1. The smallest absolute Gasteiger partial charge is 0.407 e. The zero-order chi connectivity index (χ0) is 23.9. The predicted molar refractivity (Wildman–Crippen MR) is 128 cm³/mol. The molecule has 0 aliphatic heterocycles. The van der Waals surface area contributed by atoms with Gasteiger partial charge in [-0.25, -0.2) is 4.79 Å². The van der Waals surface area contributed by atoms with Crippen molar-refractivity contribution in [3.05, 3.63) is 71.8 Å². The van der Waals surface area contributed by atoms with Crippen molar-refractivity contribution in [2.75, 3.05) is 13.2 Å². The summed E-state index contributed by atoms with van der Waals surface area (Å²) in [5, 5.41) is 14.6. The number of nitrogens with one attached hydrogen (secondary N) is 2. The van der Waals surface area contributed by atoms with E-state index < -0.39 is 12.1 Å². The van der Waals surface area contributed by atoms with E-state index >= 15 is 0 Å². The van der Waals surface area contributed by atoms with Crippen molar-refractivity contribution in [1.82, 2.24) is 10.6 Å². The number of fused-ring (bicyclic) bond motifs is 3. The van der Waals surface area contributed by atoms with Crippen LogP contribution in [0.3, 0.4) is 0 Å². The van der Waals surface area contributed by atoms with E-state index in [1.54, 1.807) is 6.08 Å². The van der Waals surface area contributed by atoms with Crippen LogP contribution >= 0.6 is 0 Å². The maximum absolute atomic E-state index is 12.2. The van der Waals surface area contributed by atoms with Crippen molar-refractivity contribution < 1.29 is 24.2 Å². The Labute approximate surface area is 199 Å². The van der Waals surface area contributed by atoms with E-state index in [0.29, 0.717) is 0 Å². The zero-order valence-corrected chi connectivity index (χ0v) is 19.0. The molecule has 0 spiro atoms. The minimum absolute atomic E-state index is 0.00582. The Morgan fingerprint density at radius 1 is 0.971 bits per heavy atom. The van der Waals surface area contributed by atoms with Gasteiger partial charge in [-0.05, 0) is 41.0 Å². The Balaban J connectivity index is 1.23. The molecule has 2 atom stereocenters. The van der Waals surface area contributed by atoms with Crippen LogP contribution in [0.1, 0.15) is 49.1 Å². The Morgan fingerprint density at radius 2 is 1.62 bits per heavy atom. The van der Waals surface area contributed by atoms with Crippen LogP contribution in [0.25, 0.3) is 11.1 Å². The van der Waals surface area contributed by atoms with Crippen LogP contribution in [0.4, 0.5) is 4.79 Å². The number of carboxylic acid groups (broad SMARTS) is 1. The molecule has 2 unspecified atom stereocenters. The molecule has 0 aromatic heterocycles. The summed E-state index contributed by atoms with van der Waals surface area (Å²) in [6.07, 6.45) is 6.03. The van der Waals surface area contributed by atoms with Crippen LogP contribution in [-0.2, 0) is 14.3 Å². The summed E-state index contributed by atoms with van der Waals surface area (Å²) in [7, 11) is 0. The molecule has 34 heavy (non-hydrogen) atoms. The summed E-state index contributed by atoms with van der Waals surface area (Å²) in [6, 6.07) is 16.2. The maximum Gasteiger partial charge on any atom is 0.407 e. The average Bonchev–Trinajstić information content (AvgIpc) is 3.15. The molecule has 0 saturated heterocycles. The minimum atomic E-state index is -0.839. The number of rotatable bonds is 8. The van der Waals surface area contributed by atoms with Crippen LogP contribution in [0.15, 0.2) is 60.7 Å². The largest absolute Gasteiger partial charge is 0.481 e. The summed E-state index contributed by atoms with van der Waals surface area (Å²) in [5.74, 6) is -1.16. The van der Waals surface area contributed by atoms with Gasteiger partial charge in [0.2, 0.25) is 5.91 Å². The molecule has 2 aliphatic rings. The first-order chi connectivity index (χ1) is 16.5. The molecule has 2 aliphatic carbocycles. The molecule has 0 radical (unpaired) electrons. The first-order valence-electron chi connectivity index (χ1n) is 11.8. The number of hydrogen-bond donors (Lipinski definition) is 3. The Kier molecular flexibility index (Phi) is 7.62. The van der Waals surface area contributed by atoms with Gasteiger partial charge >= 0.3 is 12.1 Å². The number of hydrogen-bond acceptors (Lipinski definition) is 4. The first kappa shape index (κ1) is 23.5. The Bertz CT molecular complexity index is 1030. The third-order valence-corrected chi connectivity index (χ3v) is 6.65. The lowest BCUT2D eigenvalue weighted by Crippen LogP contribution is -2.42. The normalized spacial score (nSPS) is 19.3. The fraction of sp³-hybridized carbons (Fsp3) is 0.370. The average molecular weight is 463 g/mol. The summed E-state index contributed by atoms with van der Waals surface area (Å²) in [5.41, 5.74) is 4.64. The summed E-state index contributed by atoms with van der Waals surface area (Å²) in [4.78, 5) is 35.5. The van der Waals surface area contributed by atoms with Crippen LogP contribution in [0, 0.1) is 5.92 Å². The Morgan fingerprint density at radius 3 is 2.29 bits per heavy atom. The summed E-state index contributed by atoms with van der Waals surface area (Å²) < 4.78 is 5.48. The number of alkyl carbamates (subject to hydrolysis) is 1. The number of aliphatic carboxylic acids is 1. The SMILES string of the molecule is O=C(O)CC1CCCCC1NC(=O)/C=C/CNC(=O)OCC1c2ccccc2-c2ccccc21. The van der Waals surface area contributed by atoms with Gasteiger partial charge in [0.05, 0.1) is 6.42 Å². The van der Waals surface area contributed by atoms with Gasteiger partial charge in [0.25, 0.3) is 0 Å². The lowest BCUT2D eigenvalue weighted by atomic mass is 9.82. The van der Waals surface area contributed by atoms with Gasteiger partial charge in [0.1, 0.15) is 6.61 Å². The molecule has 2 aromatic rings. The summed E-state index contributed by atoms with van der Waals surface area (Å²) in [6.45, 7) is 0.393. The minimum Gasteiger partial charge on any atom is -0.481 e. The molecule has 2 aromatic carbocycles. The highest BCUT2D eigenvalue weighted by atomic mass is 16.5. The van der Waals surface area contributed by atoms with Gasteiger partial charge in [-0.15, -0.1) is 0 Å². The molecule has 178 valence electrons. The topological polar surface area (TPSA) is 105 Å². The van der Waals surface area contributed by atoms with E-state index in [2.05, 4.69) is 34.9 Å². The van der Waals surface area contributed by atoms with E-state index in [1.165, 1.54) is 17.2 Å². The second-order valence-electron chi connectivity index (χ2n) is 8.87. The Hall–Kier alpha value is -3.61. The monoisotopic (exact) mass is 462 g/mol. The molecule has 0 bridgehead atoms. The third-order valence-electron chi connectivity index (χ3n) is 6.65. The van der Waals surface area contributed by atoms with Gasteiger partial charge in [0, 0.05) is 24.6 Å². The van der Waals surface area contributed by atoms with Crippen molar-refractivity contribution >= 4 is 18.0 Å². The fourth-order valence-electron chi connectivity index (χ4n) is 5.05. The van der Waals surface area contributed by atoms with E-state index in [4.69, 9.17) is 9.84 Å².